The summed E-state index contributed by atoms with van der Waals surface area (Å²) in [7, 11) is 0. The van der Waals surface area contributed by atoms with Crippen LogP contribution in [0.3, 0.4) is 0 Å². The number of piperidine rings is 1. The molecule has 1 atom stereocenters. The van der Waals surface area contributed by atoms with Gasteiger partial charge in [-0.05, 0) is 13.3 Å². The predicted molar refractivity (Wildman–Crippen MR) is 75.4 cm³/mol. The second-order valence-electron chi connectivity index (χ2n) is 4.71. The van der Waals surface area contributed by atoms with Gasteiger partial charge in [0.2, 0.25) is 5.91 Å². The number of allylic oxidation sites excluding steroid dienone is 2. The summed E-state index contributed by atoms with van der Waals surface area (Å²) < 4.78 is 0. The van der Waals surface area contributed by atoms with Crippen molar-refractivity contribution in [3.05, 3.63) is 23.8 Å². The smallest absolute Gasteiger partial charge is 0.251 e. The van der Waals surface area contributed by atoms with Crippen LogP contribution in [-0.2, 0) is 35.4 Å². The van der Waals surface area contributed by atoms with Gasteiger partial charge in [-0.25, -0.2) is 0 Å². The molecule has 1 aliphatic carbocycles. The topological polar surface area (TPSA) is 75.3 Å². The van der Waals surface area contributed by atoms with Crippen LogP contribution >= 0.6 is 0 Å². The van der Waals surface area contributed by atoms with E-state index in [4.69, 9.17) is 0 Å². The molecule has 0 aromatic carbocycles. The predicted octanol–water partition coefficient (Wildman–Crippen LogP) is 1.40. The van der Waals surface area contributed by atoms with Crippen molar-refractivity contribution in [1.82, 2.24) is 10.6 Å². The van der Waals surface area contributed by atoms with Crippen LogP contribution in [0.4, 0.5) is 0 Å². The zero-order valence-corrected chi connectivity index (χ0v) is 15.5. The molecule has 1 saturated heterocycles. The first-order chi connectivity index (χ1) is 9.51. The van der Waals surface area contributed by atoms with Crippen molar-refractivity contribution in [3.8, 4) is 0 Å². The van der Waals surface area contributed by atoms with Gasteiger partial charge in [-0.3, -0.25) is 14.9 Å². The van der Waals surface area contributed by atoms with Crippen molar-refractivity contribution in [2.45, 2.75) is 52.0 Å². The van der Waals surface area contributed by atoms with Gasteiger partial charge in [0.15, 0.2) is 0 Å². The zero-order valence-electron chi connectivity index (χ0n) is 12.6. The SMILES string of the molecule is CC.CC1(NC(=O)C2=CCCC=[C-]2)CCC(=O)NC1=O.[W]. The molecular weight excluding hydrogens is 440 g/mol. The summed E-state index contributed by atoms with van der Waals surface area (Å²) in [5, 5.41) is 4.92. The summed E-state index contributed by atoms with van der Waals surface area (Å²) in [6.07, 6.45) is 8.72. The van der Waals surface area contributed by atoms with E-state index < -0.39 is 11.4 Å². The van der Waals surface area contributed by atoms with Gasteiger partial charge in [-0.15, -0.1) is 11.6 Å². The van der Waals surface area contributed by atoms with E-state index in [1.54, 1.807) is 13.0 Å². The largest absolute Gasteiger partial charge is 0.392 e. The maximum atomic E-state index is 12.0. The minimum Gasteiger partial charge on any atom is -0.392 e. The van der Waals surface area contributed by atoms with Gasteiger partial charge in [0, 0.05) is 27.5 Å². The van der Waals surface area contributed by atoms with Crippen molar-refractivity contribution >= 4 is 17.7 Å². The van der Waals surface area contributed by atoms with E-state index in [-0.39, 0.29) is 39.3 Å². The molecular formula is C15H21N2O3W-. The fourth-order valence-corrected chi connectivity index (χ4v) is 1.95. The Morgan fingerprint density at radius 3 is 2.52 bits per heavy atom. The molecule has 2 N–H and O–H groups in total. The number of rotatable bonds is 2. The molecule has 0 aromatic rings. The van der Waals surface area contributed by atoms with Gasteiger partial charge in [-0.1, -0.05) is 26.7 Å². The zero-order chi connectivity index (χ0) is 15.2. The molecule has 0 spiro atoms. The van der Waals surface area contributed by atoms with Crippen molar-refractivity contribution in [1.29, 1.82) is 0 Å². The summed E-state index contributed by atoms with van der Waals surface area (Å²) in [5.74, 6) is -1.07. The van der Waals surface area contributed by atoms with E-state index in [1.807, 2.05) is 19.9 Å². The number of nitrogens with one attached hydrogen (secondary N) is 2. The van der Waals surface area contributed by atoms with Crippen LogP contribution in [0.15, 0.2) is 17.7 Å². The van der Waals surface area contributed by atoms with Crippen molar-refractivity contribution < 1.29 is 35.4 Å². The van der Waals surface area contributed by atoms with Gasteiger partial charge in [0.25, 0.3) is 5.91 Å². The number of hydrogen-bond donors (Lipinski definition) is 2. The summed E-state index contributed by atoms with van der Waals surface area (Å²) in [6.45, 7) is 5.62. The Morgan fingerprint density at radius 1 is 1.33 bits per heavy atom. The summed E-state index contributed by atoms with van der Waals surface area (Å²) in [5.41, 5.74) is -0.572. The first-order valence-corrected chi connectivity index (χ1v) is 6.96. The van der Waals surface area contributed by atoms with Crippen LogP contribution in [0.1, 0.15) is 46.5 Å². The maximum absolute atomic E-state index is 12.0. The number of amides is 3. The average Bonchev–Trinajstić information content (AvgIpc) is 2.47. The third kappa shape index (κ3) is 5.23. The maximum Gasteiger partial charge on any atom is 0.251 e. The molecule has 0 bridgehead atoms. The second-order valence-corrected chi connectivity index (χ2v) is 4.71. The van der Waals surface area contributed by atoms with Crippen LogP contribution in [0.25, 0.3) is 0 Å². The summed E-state index contributed by atoms with van der Waals surface area (Å²) >= 11 is 0. The minimum absolute atomic E-state index is 0. The molecule has 5 nitrogen and oxygen atoms in total. The second kappa shape index (κ2) is 8.93. The summed E-state index contributed by atoms with van der Waals surface area (Å²) in [4.78, 5) is 34.8. The normalized spacial score (nSPS) is 23.9. The van der Waals surface area contributed by atoms with E-state index in [9.17, 15) is 14.4 Å². The standard InChI is InChI=1S/C13H15N2O3.C2H6.W/c1-13(8-7-10(16)14-12(13)18)15-11(17)9-5-3-2-4-6-9;1-2;/h3,6H,2,4,7-8H2,1H3,(H,15,17)(H,14,16,18);1-2H3;/q-1;;. The molecule has 1 unspecified atom stereocenters. The molecule has 1 aliphatic heterocycles. The van der Waals surface area contributed by atoms with Crippen LogP contribution in [0.2, 0.25) is 0 Å². The molecule has 0 radical (unpaired) electrons. The Kier molecular flexibility index (Phi) is 8.41. The number of carbonyl (C=O) groups is 3. The number of carbonyl (C=O) groups excluding carboxylic acids is 3. The molecule has 2 rings (SSSR count). The van der Waals surface area contributed by atoms with Crippen LogP contribution in [-0.4, -0.2) is 23.3 Å². The fourth-order valence-electron chi connectivity index (χ4n) is 1.95. The first-order valence-electron chi connectivity index (χ1n) is 6.96. The molecule has 0 saturated carbocycles. The third-order valence-corrected chi connectivity index (χ3v) is 3.16. The molecule has 0 aromatic heterocycles. The first kappa shape index (κ1) is 19.8. The van der Waals surface area contributed by atoms with Crippen LogP contribution in [0.5, 0.6) is 0 Å². The van der Waals surface area contributed by atoms with Gasteiger partial charge in [0.05, 0.1) is 0 Å². The molecule has 21 heavy (non-hydrogen) atoms. The van der Waals surface area contributed by atoms with Crippen LogP contribution in [0, 0.1) is 6.08 Å². The van der Waals surface area contributed by atoms with E-state index in [2.05, 4.69) is 16.7 Å². The Bertz CT molecular complexity index is 472. The number of hydrogen-bond acceptors (Lipinski definition) is 3. The van der Waals surface area contributed by atoms with Gasteiger partial charge in [0.1, 0.15) is 11.4 Å². The summed E-state index contributed by atoms with van der Waals surface area (Å²) in [6, 6.07) is 0. The van der Waals surface area contributed by atoms with E-state index in [0.29, 0.717) is 12.0 Å². The Hall–Kier alpha value is -1.22. The Labute approximate surface area is 139 Å². The molecule has 2 aliphatic rings. The molecule has 116 valence electrons. The monoisotopic (exact) mass is 461 g/mol. The quantitative estimate of drug-likeness (QED) is 0.483. The van der Waals surface area contributed by atoms with E-state index in [0.717, 1.165) is 12.8 Å². The van der Waals surface area contributed by atoms with Crippen LogP contribution < -0.4 is 10.6 Å². The van der Waals surface area contributed by atoms with E-state index in [1.165, 1.54) is 0 Å². The Balaban J connectivity index is 0.00000128. The number of imide groups is 1. The Morgan fingerprint density at radius 2 is 2.00 bits per heavy atom. The molecule has 1 heterocycles. The van der Waals surface area contributed by atoms with Gasteiger partial charge < -0.3 is 10.1 Å². The molecule has 6 heteroatoms. The fraction of sp³-hybridized carbons (Fsp3) is 0.533. The van der Waals surface area contributed by atoms with Crippen molar-refractivity contribution in [2.75, 3.05) is 0 Å². The van der Waals surface area contributed by atoms with Gasteiger partial charge in [-0.2, -0.15) is 12.2 Å². The van der Waals surface area contributed by atoms with E-state index >= 15 is 0 Å². The van der Waals surface area contributed by atoms with Crippen molar-refractivity contribution in [3.63, 3.8) is 0 Å². The molecule has 1 fully saturated rings. The average molecular weight is 461 g/mol. The van der Waals surface area contributed by atoms with Gasteiger partial charge >= 0.3 is 0 Å². The molecule has 3 amide bonds. The van der Waals surface area contributed by atoms with Crippen molar-refractivity contribution in [2.24, 2.45) is 0 Å². The minimum atomic E-state index is -1.02. The third-order valence-electron chi connectivity index (χ3n) is 3.16.